The molecule has 0 radical (unpaired) electrons. The number of benzene rings is 2. The van der Waals surface area contributed by atoms with E-state index >= 15 is 0 Å². The molecule has 2 heterocycles. The predicted molar refractivity (Wildman–Crippen MR) is 121 cm³/mol. The molecule has 0 bridgehead atoms. The summed E-state index contributed by atoms with van der Waals surface area (Å²) in [4.78, 5) is 22.7. The molecule has 0 unspecified atom stereocenters. The Morgan fingerprint density at radius 3 is 2.60 bits per heavy atom. The van der Waals surface area contributed by atoms with E-state index in [9.17, 15) is 4.79 Å². The second-order valence-corrected chi connectivity index (χ2v) is 8.71. The van der Waals surface area contributed by atoms with Crippen molar-refractivity contribution in [1.82, 2.24) is 19.1 Å². The number of rotatable bonds is 6. The molecule has 1 aliphatic rings. The Morgan fingerprint density at radius 2 is 1.77 bits per heavy atom. The second kappa shape index (κ2) is 8.48. The minimum absolute atomic E-state index is 0.0858. The maximum Gasteiger partial charge on any atom is 0.262 e. The summed E-state index contributed by atoms with van der Waals surface area (Å²) in [6, 6.07) is 18.3. The average molecular weight is 417 g/mol. The van der Waals surface area contributed by atoms with Gasteiger partial charge in [0.25, 0.3) is 5.56 Å². The lowest BCUT2D eigenvalue weighted by molar-refractivity contribution is 0.457. The molecular formula is C24H24N4OS. The molecule has 0 spiro atoms. The first kappa shape index (κ1) is 19.1. The van der Waals surface area contributed by atoms with Crippen LogP contribution in [0.3, 0.4) is 0 Å². The average Bonchev–Trinajstić information content (AvgIpc) is 3.45. The van der Waals surface area contributed by atoms with Gasteiger partial charge < -0.3 is 4.57 Å². The van der Waals surface area contributed by atoms with Crippen LogP contribution in [-0.4, -0.2) is 19.1 Å². The van der Waals surface area contributed by atoms with Crippen molar-refractivity contribution in [3.8, 4) is 0 Å². The number of hydrogen-bond acceptors (Lipinski definition) is 4. The Balaban J connectivity index is 1.45. The van der Waals surface area contributed by atoms with Crippen molar-refractivity contribution in [3.05, 3.63) is 88.7 Å². The smallest absolute Gasteiger partial charge is 0.262 e. The van der Waals surface area contributed by atoms with Crippen LogP contribution < -0.4 is 5.56 Å². The molecule has 0 N–H and O–H groups in total. The Hall–Kier alpha value is -2.86. The number of fused-ring (bicyclic) bond motifs is 1. The van der Waals surface area contributed by atoms with Crippen LogP contribution in [0.4, 0.5) is 0 Å². The number of nitrogens with zero attached hydrogens (tertiary/aromatic N) is 4. The Bertz CT molecular complexity index is 1210. The summed E-state index contributed by atoms with van der Waals surface area (Å²) in [6.07, 6.45) is 8.31. The van der Waals surface area contributed by atoms with Gasteiger partial charge in [-0.15, -0.1) is 0 Å². The maximum absolute atomic E-state index is 13.3. The van der Waals surface area contributed by atoms with Gasteiger partial charge in [-0.25, -0.2) is 9.97 Å². The molecule has 152 valence electrons. The van der Waals surface area contributed by atoms with Gasteiger partial charge in [0.15, 0.2) is 5.16 Å². The molecule has 30 heavy (non-hydrogen) atoms. The molecular weight excluding hydrogens is 392 g/mol. The molecule has 6 heteroatoms. The van der Waals surface area contributed by atoms with Gasteiger partial charge in [-0.2, -0.15) is 0 Å². The predicted octanol–water partition coefficient (Wildman–Crippen LogP) is 5.05. The van der Waals surface area contributed by atoms with Gasteiger partial charge >= 0.3 is 0 Å². The van der Waals surface area contributed by atoms with Gasteiger partial charge in [-0.05, 0) is 30.5 Å². The highest BCUT2D eigenvalue weighted by Gasteiger charge is 2.23. The molecule has 1 saturated carbocycles. The van der Waals surface area contributed by atoms with E-state index in [2.05, 4.69) is 33.8 Å². The Kier molecular flexibility index (Phi) is 5.41. The van der Waals surface area contributed by atoms with E-state index in [4.69, 9.17) is 4.98 Å². The van der Waals surface area contributed by atoms with Crippen LogP contribution >= 0.6 is 11.8 Å². The minimum atomic E-state index is 0.0858. The van der Waals surface area contributed by atoms with Crippen LogP contribution in [0, 0.1) is 0 Å². The van der Waals surface area contributed by atoms with E-state index in [1.165, 1.54) is 18.4 Å². The highest BCUT2D eigenvalue weighted by molar-refractivity contribution is 7.98. The van der Waals surface area contributed by atoms with E-state index in [0.717, 1.165) is 35.9 Å². The van der Waals surface area contributed by atoms with Crippen molar-refractivity contribution in [2.45, 2.75) is 49.2 Å². The first-order valence-electron chi connectivity index (χ1n) is 10.5. The maximum atomic E-state index is 13.3. The molecule has 2 aromatic heterocycles. The van der Waals surface area contributed by atoms with Gasteiger partial charge in [-0.1, -0.05) is 67.1 Å². The summed E-state index contributed by atoms with van der Waals surface area (Å²) >= 11 is 1.61. The molecule has 0 atom stereocenters. The molecule has 0 amide bonds. The van der Waals surface area contributed by atoms with Gasteiger partial charge in [0.2, 0.25) is 0 Å². The van der Waals surface area contributed by atoms with Gasteiger partial charge in [0.1, 0.15) is 5.82 Å². The number of imidazole rings is 1. The highest BCUT2D eigenvalue weighted by Crippen LogP contribution is 2.33. The monoisotopic (exact) mass is 416 g/mol. The van der Waals surface area contributed by atoms with Crippen LogP contribution in [0.2, 0.25) is 0 Å². The van der Waals surface area contributed by atoms with Crippen LogP contribution in [-0.2, 0) is 12.3 Å². The first-order chi connectivity index (χ1) is 14.8. The third-order valence-electron chi connectivity index (χ3n) is 5.79. The molecule has 0 aliphatic heterocycles. The fraction of sp³-hybridized carbons (Fsp3) is 0.292. The number of thioether (sulfide) groups is 1. The number of hydrogen-bond donors (Lipinski definition) is 0. The molecule has 1 aliphatic carbocycles. The normalized spacial score (nSPS) is 14.5. The molecule has 4 aromatic rings. The first-order valence-corrected chi connectivity index (χ1v) is 11.5. The summed E-state index contributed by atoms with van der Waals surface area (Å²) in [6.45, 7) is 0.789. The zero-order valence-corrected chi connectivity index (χ0v) is 17.6. The van der Waals surface area contributed by atoms with E-state index in [1.807, 2.05) is 47.3 Å². The second-order valence-electron chi connectivity index (χ2n) is 7.77. The zero-order valence-electron chi connectivity index (χ0n) is 16.8. The van der Waals surface area contributed by atoms with E-state index in [0.29, 0.717) is 11.1 Å². The quantitative estimate of drug-likeness (QED) is 0.326. The number of para-hydroxylation sites is 1. The van der Waals surface area contributed by atoms with E-state index < -0.39 is 0 Å². The summed E-state index contributed by atoms with van der Waals surface area (Å²) in [5.41, 5.74) is 2.10. The Morgan fingerprint density at radius 1 is 1.00 bits per heavy atom. The van der Waals surface area contributed by atoms with Gasteiger partial charge in [-0.3, -0.25) is 9.36 Å². The number of aromatic nitrogens is 4. The molecule has 5 nitrogen and oxygen atoms in total. The topological polar surface area (TPSA) is 52.7 Å². The van der Waals surface area contributed by atoms with Crippen molar-refractivity contribution in [1.29, 1.82) is 0 Å². The lowest BCUT2D eigenvalue weighted by Gasteiger charge is -2.18. The third kappa shape index (κ3) is 3.79. The van der Waals surface area contributed by atoms with Crippen molar-refractivity contribution in [2.24, 2.45) is 0 Å². The third-order valence-corrected chi connectivity index (χ3v) is 6.74. The van der Waals surface area contributed by atoms with Gasteiger partial charge in [0.05, 0.1) is 16.7 Å². The van der Waals surface area contributed by atoms with Crippen molar-refractivity contribution >= 4 is 22.7 Å². The highest BCUT2D eigenvalue weighted by atomic mass is 32.2. The SMILES string of the molecule is O=c1c2ccccc2nc(SCc2nccn2Cc2ccccc2)n1C1CCCC1. The zero-order chi connectivity index (χ0) is 20.3. The molecule has 5 rings (SSSR count). The lowest BCUT2D eigenvalue weighted by Crippen LogP contribution is -2.26. The fourth-order valence-electron chi connectivity index (χ4n) is 4.25. The summed E-state index contributed by atoms with van der Waals surface area (Å²) in [5.74, 6) is 1.67. The summed E-state index contributed by atoms with van der Waals surface area (Å²) in [5, 5.41) is 1.51. The molecule has 0 saturated heterocycles. The fourth-order valence-corrected chi connectivity index (χ4v) is 5.28. The van der Waals surface area contributed by atoms with Crippen molar-refractivity contribution < 1.29 is 0 Å². The van der Waals surface area contributed by atoms with Crippen molar-refractivity contribution in [3.63, 3.8) is 0 Å². The Labute approximate surface area is 179 Å². The largest absolute Gasteiger partial charge is 0.330 e. The van der Waals surface area contributed by atoms with Crippen molar-refractivity contribution in [2.75, 3.05) is 0 Å². The summed E-state index contributed by atoms with van der Waals surface area (Å²) < 4.78 is 4.12. The van der Waals surface area contributed by atoms with E-state index in [-0.39, 0.29) is 11.6 Å². The van der Waals surface area contributed by atoms with Crippen LogP contribution in [0.25, 0.3) is 10.9 Å². The standard InChI is InChI=1S/C24H24N4OS/c29-23-20-12-6-7-13-21(20)26-24(28(23)19-10-4-5-11-19)30-17-22-25-14-15-27(22)16-18-8-2-1-3-9-18/h1-3,6-9,12-15,19H,4-5,10-11,16-17H2. The van der Waals surface area contributed by atoms with E-state index in [1.54, 1.807) is 11.8 Å². The summed E-state index contributed by atoms with van der Waals surface area (Å²) in [7, 11) is 0. The molecule has 2 aromatic carbocycles. The van der Waals surface area contributed by atoms with Crippen LogP contribution in [0.1, 0.15) is 43.1 Å². The van der Waals surface area contributed by atoms with Crippen LogP contribution in [0.5, 0.6) is 0 Å². The minimum Gasteiger partial charge on any atom is -0.330 e. The van der Waals surface area contributed by atoms with Gasteiger partial charge in [0, 0.05) is 25.0 Å². The molecule has 1 fully saturated rings. The lowest BCUT2D eigenvalue weighted by atomic mass is 10.2. The van der Waals surface area contributed by atoms with Crippen LogP contribution in [0.15, 0.2) is 76.9 Å².